The second kappa shape index (κ2) is 45.9. The van der Waals surface area contributed by atoms with E-state index in [4.69, 9.17) is 18.9 Å². The molecule has 1 rings (SSSR count). The second-order valence-corrected chi connectivity index (χ2v) is 19.5. The van der Waals surface area contributed by atoms with E-state index in [1.807, 2.05) is 0 Å². The number of hydrogen-bond donors (Lipinski definition) is 4. The van der Waals surface area contributed by atoms with Crippen LogP contribution < -0.4 is 0 Å². The van der Waals surface area contributed by atoms with Crippen molar-refractivity contribution in [1.29, 1.82) is 0 Å². The summed E-state index contributed by atoms with van der Waals surface area (Å²) >= 11 is 0. The lowest BCUT2D eigenvalue weighted by Crippen LogP contribution is -2.60. The number of esters is 1. The average Bonchev–Trinajstić information content (AvgIpc) is 3.31. The molecular weight excluding hydrogens is 885 g/mol. The number of allylic oxidation sites excluding steroid dienone is 10. The molecule has 4 N–H and O–H groups in total. The summed E-state index contributed by atoms with van der Waals surface area (Å²) in [7, 11) is -5.07. The van der Waals surface area contributed by atoms with Crippen LogP contribution in [0.25, 0.3) is 0 Å². The molecule has 1 fully saturated rings. The van der Waals surface area contributed by atoms with Crippen LogP contribution in [0.4, 0.5) is 0 Å². The van der Waals surface area contributed by atoms with Crippen molar-refractivity contribution < 1.29 is 56.2 Å². The summed E-state index contributed by atoms with van der Waals surface area (Å²) in [5.41, 5.74) is 0. The first kappa shape index (κ1) is 63.8. The van der Waals surface area contributed by atoms with E-state index < -0.39 is 59.8 Å². The number of hydrogen-bond acceptors (Lipinski definition) is 11. The molecule has 6 atom stereocenters. The third kappa shape index (κ3) is 38.5. The van der Waals surface area contributed by atoms with E-state index >= 15 is 0 Å². The predicted molar refractivity (Wildman–Crippen MR) is 276 cm³/mol. The Morgan fingerprint density at radius 3 is 1.44 bits per heavy atom. The summed E-state index contributed by atoms with van der Waals surface area (Å²) in [5.74, 6) is -0.407. The van der Waals surface area contributed by atoms with Gasteiger partial charge in [0.1, 0.15) is 30.5 Å². The van der Waals surface area contributed by atoms with Gasteiger partial charge in [0.15, 0.2) is 6.29 Å². The largest absolute Gasteiger partial charge is 0.457 e. The van der Waals surface area contributed by atoms with Gasteiger partial charge in [0.05, 0.1) is 19.8 Å². The molecule has 0 aromatic rings. The number of aliphatic hydroxyl groups excluding tert-OH is 3. The zero-order valence-corrected chi connectivity index (χ0v) is 43.5. The van der Waals surface area contributed by atoms with E-state index in [1.165, 1.54) is 116 Å². The first-order chi connectivity index (χ1) is 33.1. The number of carbonyl (C=O) groups is 1. The van der Waals surface area contributed by atoms with Crippen molar-refractivity contribution in [2.75, 3.05) is 26.4 Å². The summed E-state index contributed by atoms with van der Waals surface area (Å²) in [6, 6.07) is 0. The molecule has 0 aromatic carbocycles. The molecule has 0 spiro atoms. The van der Waals surface area contributed by atoms with Gasteiger partial charge in [-0.15, -0.1) is 0 Å². The van der Waals surface area contributed by atoms with E-state index in [0.717, 1.165) is 77.0 Å². The van der Waals surface area contributed by atoms with E-state index in [2.05, 4.69) is 78.8 Å². The standard InChI is InChI=1S/C55H98O12S/c1-3-5-7-9-11-13-15-17-19-21-23-24-25-27-29-31-33-35-37-39-41-43-45-63-47-49(48-64-55-53(59)54(67-68(60,61)62)52(58)50(46-56)66-55)65-51(57)44-42-40-38-36-34-32-30-28-26-22-20-18-16-14-12-10-8-6-4-2/h12,14-15,17-18,20-21,23,25,27,49-50,52-56,58-59H,3-11,13,16,19,22,24,26,28-48H2,1-2H3,(H,60,61,62)/b14-12-,17-15-,20-18-,23-21-,27-25-. The van der Waals surface area contributed by atoms with Crippen molar-refractivity contribution >= 4 is 16.4 Å². The third-order valence-electron chi connectivity index (χ3n) is 12.1. The first-order valence-electron chi connectivity index (χ1n) is 27.0. The van der Waals surface area contributed by atoms with Gasteiger partial charge in [-0.2, -0.15) is 8.42 Å². The van der Waals surface area contributed by atoms with Crippen LogP contribution in [-0.4, -0.2) is 97.5 Å². The molecular formula is C55H98O12S. The molecule has 1 aliphatic heterocycles. The van der Waals surface area contributed by atoms with Gasteiger partial charge in [0.25, 0.3) is 0 Å². The number of aliphatic hydroxyl groups is 3. The fourth-order valence-corrected chi connectivity index (χ4v) is 8.51. The number of carbonyl (C=O) groups excluding carboxylic acids is 1. The maximum atomic E-state index is 12.9. The van der Waals surface area contributed by atoms with Gasteiger partial charge >= 0.3 is 16.4 Å². The zero-order valence-electron chi connectivity index (χ0n) is 42.7. The second-order valence-electron chi connectivity index (χ2n) is 18.5. The summed E-state index contributed by atoms with van der Waals surface area (Å²) in [4.78, 5) is 12.9. The Morgan fingerprint density at radius 1 is 0.559 bits per heavy atom. The highest BCUT2D eigenvalue weighted by Crippen LogP contribution is 2.26. The van der Waals surface area contributed by atoms with Crippen molar-refractivity contribution in [1.82, 2.24) is 0 Å². The molecule has 0 aromatic heterocycles. The predicted octanol–water partition coefficient (Wildman–Crippen LogP) is 12.9. The molecule has 0 amide bonds. The quantitative estimate of drug-likeness (QED) is 0.0197. The highest BCUT2D eigenvalue weighted by Gasteiger charge is 2.48. The highest BCUT2D eigenvalue weighted by molar-refractivity contribution is 7.80. The molecule has 0 aliphatic carbocycles. The van der Waals surface area contributed by atoms with Crippen LogP contribution in [0.3, 0.4) is 0 Å². The number of unbranched alkanes of at least 4 members (excludes halogenated alkanes) is 24. The molecule has 68 heavy (non-hydrogen) atoms. The Labute approximate surface area is 414 Å². The minimum absolute atomic E-state index is 0.0258. The topological polar surface area (TPSA) is 178 Å². The van der Waals surface area contributed by atoms with Gasteiger partial charge < -0.3 is 34.3 Å². The van der Waals surface area contributed by atoms with Crippen LogP contribution in [0.15, 0.2) is 60.8 Å². The van der Waals surface area contributed by atoms with Crippen LogP contribution in [0.1, 0.15) is 219 Å². The smallest absolute Gasteiger partial charge is 0.397 e. The summed E-state index contributed by atoms with van der Waals surface area (Å²) < 4.78 is 59.3. The fraction of sp³-hybridized carbons (Fsp3) is 0.800. The monoisotopic (exact) mass is 983 g/mol. The molecule has 13 heteroatoms. The van der Waals surface area contributed by atoms with Crippen LogP contribution in [0, 0.1) is 0 Å². The van der Waals surface area contributed by atoms with Crippen molar-refractivity contribution in [3.05, 3.63) is 60.8 Å². The van der Waals surface area contributed by atoms with Gasteiger partial charge in [-0.05, 0) is 83.5 Å². The Balaban J connectivity index is 2.35. The first-order valence-corrected chi connectivity index (χ1v) is 28.4. The van der Waals surface area contributed by atoms with Gasteiger partial charge in [-0.3, -0.25) is 9.35 Å². The Kier molecular flexibility index (Phi) is 43.1. The highest BCUT2D eigenvalue weighted by atomic mass is 32.3. The Morgan fingerprint density at radius 2 is 0.971 bits per heavy atom. The summed E-state index contributed by atoms with van der Waals surface area (Å²) in [6.07, 6.45) is 49.6. The van der Waals surface area contributed by atoms with E-state index in [-0.39, 0.29) is 19.6 Å². The lowest BCUT2D eigenvalue weighted by Gasteiger charge is -2.41. The van der Waals surface area contributed by atoms with Gasteiger partial charge in [-0.25, -0.2) is 4.18 Å². The van der Waals surface area contributed by atoms with Crippen LogP contribution in [0.2, 0.25) is 0 Å². The minimum atomic E-state index is -5.07. The summed E-state index contributed by atoms with van der Waals surface area (Å²) in [5, 5.41) is 30.8. The Hall–Kier alpha value is -2.20. The maximum absolute atomic E-state index is 12.9. The molecule has 396 valence electrons. The lowest BCUT2D eigenvalue weighted by molar-refractivity contribution is -0.301. The van der Waals surface area contributed by atoms with E-state index in [9.17, 15) is 33.1 Å². The van der Waals surface area contributed by atoms with Crippen LogP contribution in [0.5, 0.6) is 0 Å². The number of rotatable bonds is 47. The van der Waals surface area contributed by atoms with Gasteiger partial charge in [0, 0.05) is 13.0 Å². The van der Waals surface area contributed by atoms with Crippen molar-refractivity contribution in [2.45, 2.75) is 256 Å². The van der Waals surface area contributed by atoms with E-state index in [0.29, 0.717) is 13.0 Å². The fourth-order valence-electron chi connectivity index (χ4n) is 8.00. The van der Waals surface area contributed by atoms with Crippen molar-refractivity contribution in [2.24, 2.45) is 0 Å². The molecule has 0 saturated carbocycles. The van der Waals surface area contributed by atoms with Crippen molar-refractivity contribution in [3.8, 4) is 0 Å². The SMILES string of the molecule is CCCCC/C=C\C/C=C\CCCCCCCCCCCC(=O)OC(COCCCCCCCCC/C=C\C/C=C\C/C=C\CCCCCCC)COC1OC(CO)C(O)C(OS(=O)(=O)O)C1O. The summed E-state index contributed by atoms with van der Waals surface area (Å²) in [6.45, 7) is 3.94. The van der Waals surface area contributed by atoms with Gasteiger partial charge in [-0.1, -0.05) is 190 Å². The molecule has 1 heterocycles. The molecule has 0 radical (unpaired) electrons. The molecule has 12 nitrogen and oxygen atoms in total. The molecule has 6 unspecified atom stereocenters. The average molecular weight is 983 g/mol. The molecule has 1 aliphatic rings. The maximum Gasteiger partial charge on any atom is 0.397 e. The van der Waals surface area contributed by atoms with Crippen LogP contribution in [-0.2, 0) is 38.3 Å². The molecule has 0 bridgehead atoms. The normalized spacial score (nSPS) is 19.8. The van der Waals surface area contributed by atoms with Gasteiger partial charge in [0.2, 0.25) is 0 Å². The number of ether oxygens (including phenoxy) is 4. The van der Waals surface area contributed by atoms with Crippen molar-refractivity contribution in [3.63, 3.8) is 0 Å². The van der Waals surface area contributed by atoms with Crippen LogP contribution >= 0.6 is 0 Å². The zero-order chi connectivity index (χ0) is 49.6. The Bertz CT molecular complexity index is 1410. The van der Waals surface area contributed by atoms with E-state index in [1.54, 1.807) is 0 Å². The minimum Gasteiger partial charge on any atom is -0.457 e. The lowest BCUT2D eigenvalue weighted by atomic mass is 9.99. The third-order valence-corrected chi connectivity index (χ3v) is 12.6. The molecule has 1 saturated heterocycles.